The third kappa shape index (κ3) is 5.10. The standard InChI is InChI=1S/C27H28ClN3O2S/c1-19-16-22(28)18-24-26(19)29-27(34-24)31(11-5-10-30-12-14-33-15-13-30)25(32)17-21-8-4-7-20-6-2-3-9-23(20)21/h2-4,6-9,16,18H,5,10-15,17H2,1H3. The zero-order chi connectivity index (χ0) is 23.5. The molecule has 0 atom stereocenters. The van der Waals surface area contributed by atoms with Crippen molar-refractivity contribution in [3.05, 3.63) is 70.7 Å². The van der Waals surface area contributed by atoms with Crippen LogP contribution in [0.25, 0.3) is 21.0 Å². The summed E-state index contributed by atoms with van der Waals surface area (Å²) in [6.07, 6.45) is 1.23. The fraction of sp³-hybridized carbons (Fsp3) is 0.333. The fourth-order valence-corrected chi connectivity index (χ4v) is 6.03. The SMILES string of the molecule is Cc1cc(Cl)cc2sc(N(CCCN3CCOCC3)C(=O)Cc3cccc4ccccc34)nc12. The number of nitrogens with zero attached hydrogens (tertiary/aromatic N) is 3. The molecule has 1 saturated heterocycles. The first-order valence-electron chi connectivity index (χ1n) is 11.7. The van der Waals surface area contributed by atoms with Crippen molar-refractivity contribution in [2.75, 3.05) is 44.3 Å². The lowest BCUT2D eigenvalue weighted by molar-refractivity contribution is -0.118. The fourth-order valence-electron chi connectivity index (χ4n) is 4.57. The third-order valence-electron chi connectivity index (χ3n) is 6.35. The summed E-state index contributed by atoms with van der Waals surface area (Å²) in [6, 6.07) is 18.2. The molecule has 1 aliphatic rings. The highest BCUT2D eigenvalue weighted by Gasteiger charge is 2.22. The number of thiazole rings is 1. The van der Waals surface area contributed by atoms with E-state index < -0.39 is 0 Å². The van der Waals surface area contributed by atoms with E-state index in [2.05, 4.69) is 29.2 Å². The van der Waals surface area contributed by atoms with E-state index in [-0.39, 0.29) is 5.91 Å². The maximum Gasteiger partial charge on any atom is 0.233 e. The van der Waals surface area contributed by atoms with E-state index in [0.29, 0.717) is 18.0 Å². The van der Waals surface area contributed by atoms with Gasteiger partial charge in [-0.25, -0.2) is 4.98 Å². The van der Waals surface area contributed by atoms with Crippen LogP contribution < -0.4 is 4.90 Å². The number of benzene rings is 3. The first-order valence-corrected chi connectivity index (χ1v) is 12.9. The van der Waals surface area contributed by atoms with Crippen LogP contribution in [0, 0.1) is 6.92 Å². The summed E-state index contributed by atoms with van der Waals surface area (Å²) in [5, 5.41) is 3.71. The minimum absolute atomic E-state index is 0.0705. The van der Waals surface area contributed by atoms with Gasteiger partial charge in [0.2, 0.25) is 5.91 Å². The maximum atomic E-state index is 13.7. The number of carbonyl (C=O) groups excluding carboxylic acids is 1. The summed E-state index contributed by atoms with van der Waals surface area (Å²) in [5.74, 6) is 0.0705. The van der Waals surface area contributed by atoms with Gasteiger partial charge in [-0.2, -0.15) is 0 Å². The molecule has 34 heavy (non-hydrogen) atoms. The average molecular weight is 494 g/mol. The Balaban J connectivity index is 1.42. The number of anilines is 1. The molecule has 1 fully saturated rings. The predicted molar refractivity (Wildman–Crippen MR) is 141 cm³/mol. The van der Waals surface area contributed by atoms with E-state index in [1.807, 2.05) is 42.2 Å². The number of fused-ring (bicyclic) bond motifs is 2. The second kappa shape index (κ2) is 10.4. The van der Waals surface area contributed by atoms with Crippen molar-refractivity contribution in [2.45, 2.75) is 19.8 Å². The van der Waals surface area contributed by atoms with E-state index in [4.69, 9.17) is 21.3 Å². The molecule has 0 saturated carbocycles. The van der Waals surface area contributed by atoms with Gasteiger partial charge in [0.15, 0.2) is 5.13 Å². The minimum atomic E-state index is 0.0705. The van der Waals surface area contributed by atoms with Crippen LogP contribution in [0.15, 0.2) is 54.6 Å². The van der Waals surface area contributed by atoms with Crippen LogP contribution >= 0.6 is 22.9 Å². The predicted octanol–water partition coefficient (Wildman–Crippen LogP) is 5.71. The number of hydrogen-bond donors (Lipinski definition) is 0. The Labute approximate surface area is 208 Å². The van der Waals surface area contributed by atoms with Gasteiger partial charge in [-0.15, -0.1) is 0 Å². The van der Waals surface area contributed by atoms with Gasteiger partial charge in [-0.3, -0.25) is 14.6 Å². The Morgan fingerprint density at radius 2 is 1.94 bits per heavy atom. The van der Waals surface area contributed by atoms with Crippen molar-refractivity contribution in [3.63, 3.8) is 0 Å². The minimum Gasteiger partial charge on any atom is -0.379 e. The molecule has 1 aliphatic heterocycles. The molecule has 0 spiro atoms. The second-order valence-corrected chi connectivity index (χ2v) is 10.2. The third-order valence-corrected chi connectivity index (χ3v) is 7.60. The highest BCUT2D eigenvalue weighted by molar-refractivity contribution is 7.22. The number of ether oxygens (including phenoxy) is 1. The van der Waals surface area contributed by atoms with E-state index in [9.17, 15) is 4.79 Å². The molecule has 0 aliphatic carbocycles. The molecule has 0 N–H and O–H groups in total. The molecule has 7 heteroatoms. The van der Waals surface area contributed by atoms with Crippen molar-refractivity contribution in [3.8, 4) is 0 Å². The number of hydrogen-bond acceptors (Lipinski definition) is 5. The number of amides is 1. The topological polar surface area (TPSA) is 45.7 Å². The number of halogens is 1. The molecule has 0 unspecified atom stereocenters. The van der Waals surface area contributed by atoms with Gasteiger partial charge in [-0.1, -0.05) is 65.4 Å². The van der Waals surface area contributed by atoms with Gasteiger partial charge in [0.25, 0.3) is 0 Å². The Bertz CT molecular complexity index is 1310. The molecule has 0 radical (unpaired) electrons. The van der Waals surface area contributed by atoms with Crippen LogP contribution in [0.2, 0.25) is 5.02 Å². The highest BCUT2D eigenvalue weighted by atomic mass is 35.5. The largest absolute Gasteiger partial charge is 0.379 e. The van der Waals surface area contributed by atoms with Crippen molar-refractivity contribution in [1.29, 1.82) is 0 Å². The van der Waals surface area contributed by atoms with Gasteiger partial charge < -0.3 is 4.74 Å². The Morgan fingerprint density at radius 3 is 2.79 bits per heavy atom. The quantitative estimate of drug-likeness (QED) is 0.331. The molecule has 5 nitrogen and oxygen atoms in total. The lowest BCUT2D eigenvalue weighted by atomic mass is 10.0. The molecule has 4 aromatic rings. The van der Waals surface area contributed by atoms with Crippen LogP contribution in [0.3, 0.4) is 0 Å². The Morgan fingerprint density at radius 1 is 1.15 bits per heavy atom. The van der Waals surface area contributed by atoms with Gasteiger partial charge in [0.05, 0.1) is 29.9 Å². The molecule has 1 amide bonds. The lowest BCUT2D eigenvalue weighted by Gasteiger charge is -2.27. The van der Waals surface area contributed by atoms with Crippen LogP contribution in [-0.2, 0) is 16.0 Å². The second-order valence-electron chi connectivity index (χ2n) is 8.73. The number of rotatable bonds is 7. The summed E-state index contributed by atoms with van der Waals surface area (Å²) in [7, 11) is 0. The van der Waals surface area contributed by atoms with Gasteiger partial charge in [0, 0.05) is 31.2 Å². The highest BCUT2D eigenvalue weighted by Crippen LogP contribution is 2.33. The lowest BCUT2D eigenvalue weighted by Crippen LogP contribution is -2.39. The molecule has 5 rings (SSSR count). The first kappa shape index (κ1) is 23.2. The van der Waals surface area contributed by atoms with Crippen LogP contribution in [0.5, 0.6) is 0 Å². The molecular weight excluding hydrogens is 466 g/mol. The number of aryl methyl sites for hydroxylation is 1. The van der Waals surface area contributed by atoms with Gasteiger partial charge in [-0.05, 0) is 47.4 Å². The summed E-state index contributed by atoms with van der Waals surface area (Å²) >= 11 is 7.83. The summed E-state index contributed by atoms with van der Waals surface area (Å²) in [5.41, 5.74) is 2.99. The van der Waals surface area contributed by atoms with E-state index in [0.717, 1.165) is 76.5 Å². The zero-order valence-electron chi connectivity index (χ0n) is 19.3. The number of morpholine rings is 1. The van der Waals surface area contributed by atoms with Crippen molar-refractivity contribution in [2.24, 2.45) is 0 Å². The molecule has 3 aromatic carbocycles. The molecular formula is C27H28ClN3O2S. The van der Waals surface area contributed by atoms with Crippen molar-refractivity contribution in [1.82, 2.24) is 9.88 Å². The van der Waals surface area contributed by atoms with Crippen LogP contribution in [-0.4, -0.2) is 55.2 Å². The average Bonchev–Trinajstić information content (AvgIpc) is 3.26. The Hall–Kier alpha value is -2.51. The van der Waals surface area contributed by atoms with E-state index in [1.165, 1.54) is 11.3 Å². The van der Waals surface area contributed by atoms with Crippen LogP contribution in [0.4, 0.5) is 5.13 Å². The summed E-state index contributed by atoms with van der Waals surface area (Å²) in [6.45, 7) is 7.04. The smallest absolute Gasteiger partial charge is 0.233 e. The van der Waals surface area contributed by atoms with Crippen molar-refractivity contribution < 1.29 is 9.53 Å². The molecule has 2 heterocycles. The summed E-state index contributed by atoms with van der Waals surface area (Å²) < 4.78 is 6.48. The maximum absolute atomic E-state index is 13.7. The monoisotopic (exact) mass is 493 g/mol. The Kier molecular flexibility index (Phi) is 7.11. The van der Waals surface area contributed by atoms with Crippen molar-refractivity contribution >= 4 is 55.0 Å². The van der Waals surface area contributed by atoms with Gasteiger partial charge in [0.1, 0.15) is 0 Å². The van der Waals surface area contributed by atoms with E-state index >= 15 is 0 Å². The number of aromatic nitrogens is 1. The van der Waals surface area contributed by atoms with Crippen LogP contribution in [0.1, 0.15) is 17.5 Å². The molecule has 176 valence electrons. The summed E-state index contributed by atoms with van der Waals surface area (Å²) in [4.78, 5) is 22.9. The first-order chi connectivity index (χ1) is 16.6. The van der Waals surface area contributed by atoms with E-state index in [1.54, 1.807) is 0 Å². The van der Waals surface area contributed by atoms with Gasteiger partial charge >= 0.3 is 0 Å². The molecule has 1 aromatic heterocycles. The normalized spacial score (nSPS) is 14.6. The zero-order valence-corrected chi connectivity index (χ0v) is 20.9. The number of carbonyl (C=O) groups is 1. The molecule has 0 bridgehead atoms.